The molecule has 3 aromatic heterocycles. The fraction of sp³-hybridized carbons (Fsp3) is 0.100. The second-order valence-corrected chi connectivity index (χ2v) is 4.21. The van der Waals surface area contributed by atoms with E-state index in [0.29, 0.717) is 0 Å². The topological polar surface area (TPSA) is 38.7 Å². The van der Waals surface area contributed by atoms with Gasteiger partial charge in [-0.25, -0.2) is 4.98 Å². The molecule has 14 heavy (non-hydrogen) atoms. The minimum Gasteiger partial charge on any atom is -0.242 e. The number of aromatic nitrogens is 3. The summed E-state index contributed by atoms with van der Waals surface area (Å²) >= 11 is 1.66. The van der Waals surface area contributed by atoms with Gasteiger partial charge in [-0.15, -0.1) is 11.3 Å². The quantitative estimate of drug-likeness (QED) is 0.561. The second-order valence-electron chi connectivity index (χ2n) is 3.17. The Hall–Kier alpha value is -1.55. The number of pyridine rings is 1. The molecule has 0 atom stereocenters. The van der Waals surface area contributed by atoms with Crippen molar-refractivity contribution in [2.45, 2.75) is 6.92 Å². The molecule has 3 rings (SSSR count). The van der Waals surface area contributed by atoms with Crippen molar-refractivity contribution in [2.75, 3.05) is 0 Å². The maximum atomic E-state index is 4.48. The zero-order valence-electron chi connectivity index (χ0n) is 7.56. The Balaban J connectivity index is 2.57. The van der Waals surface area contributed by atoms with Crippen LogP contribution >= 0.6 is 11.3 Å². The molecule has 0 saturated carbocycles. The number of aryl methyl sites for hydroxylation is 1. The molecule has 3 heterocycles. The lowest BCUT2D eigenvalue weighted by Gasteiger charge is -1.91. The van der Waals surface area contributed by atoms with Crippen molar-refractivity contribution in [3.63, 3.8) is 0 Å². The van der Waals surface area contributed by atoms with Crippen LogP contribution in [0.4, 0.5) is 0 Å². The van der Waals surface area contributed by atoms with Gasteiger partial charge in [-0.05, 0) is 19.1 Å². The van der Waals surface area contributed by atoms with Crippen LogP contribution < -0.4 is 0 Å². The lowest BCUT2D eigenvalue weighted by atomic mass is 10.2. The highest BCUT2D eigenvalue weighted by Crippen LogP contribution is 2.30. The average molecular weight is 201 g/mol. The maximum Gasteiger partial charge on any atom is 0.124 e. The van der Waals surface area contributed by atoms with Crippen LogP contribution in [0.25, 0.3) is 20.3 Å². The van der Waals surface area contributed by atoms with E-state index in [1.54, 1.807) is 23.7 Å². The van der Waals surface area contributed by atoms with E-state index in [-0.39, 0.29) is 0 Å². The van der Waals surface area contributed by atoms with Crippen LogP contribution in [-0.2, 0) is 0 Å². The Morgan fingerprint density at radius 1 is 1.07 bits per heavy atom. The van der Waals surface area contributed by atoms with Crippen LogP contribution in [0, 0.1) is 6.92 Å². The summed E-state index contributed by atoms with van der Waals surface area (Å²) in [6.45, 7) is 2.00. The van der Waals surface area contributed by atoms with Crippen molar-refractivity contribution in [2.24, 2.45) is 0 Å². The Morgan fingerprint density at radius 3 is 2.86 bits per heavy atom. The van der Waals surface area contributed by atoms with Crippen molar-refractivity contribution in [1.29, 1.82) is 0 Å². The summed E-state index contributed by atoms with van der Waals surface area (Å²) in [5.41, 5.74) is 1.05. The minimum atomic E-state index is 1.05. The molecule has 0 aromatic carbocycles. The highest BCUT2D eigenvalue weighted by Gasteiger charge is 2.05. The van der Waals surface area contributed by atoms with E-state index in [9.17, 15) is 0 Å². The number of thiophene rings is 1. The SMILES string of the molecule is Cc1ccc2c(n1)sc1cnncc12. The smallest absolute Gasteiger partial charge is 0.124 e. The monoisotopic (exact) mass is 201 g/mol. The second kappa shape index (κ2) is 2.72. The van der Waals surface area contributed by atoms with Crippen molar-refractivity contribution < 1.29 is 0 Å². The Labute approximate surface area is 84.4 Å². The van der Waals surface area contributed by atoms with Gasteiger partial charge in [-0.3, -0.25) is 0 Å². The summed E-state index contributed by atoms with van der Waals surface area (Å²) in [5.74, 6) is 0. The number of fused-ring (bicyclic) bond motifs is 3. The third-order valence-electron chi connectivity index (χ3n) is 2.19. The van der Waals surface area contributed by atoms with Crippen LogP contribution in [-0.4, -0.2) is 15.2 Å². The number of rotatable bonds is 0. The van der Waals surface area contributed by atoms with E-state index in [0.717, 1.165) is 20.6 Å². The molecule has 0 N–H and O–H groups in total. The molecule has 0 aliphatic heterocycles. The van der Waals surface area contributed by atoms with E-state index in [1.165, 1.54) is 5.39 Å². The summed E-state index contributed by atoms with van der Waals surface area (Å²) in [7, 11) is 0. The normalized spacial score (nSPS) is 11.2. The molecule has 0 radical (unpaired) electrons. The molecule has 0 spiro atoms. The minimum absolute atomic E-state index is 1.05. The van der Waals surface area contributed by atoms with Crippen LogP contribution in [0.3, 0.4) is 0 Å². The van der Waals surface area contributed by atoms with Crippen molar-refractivity contribution in [3.05, 3.63) is 30.2 Å². The highest BCUT2D eigenvalue weighted by atomic mass is 32.1. The van der Waals surface area contributed by atoms with Crippen molar-refractivity contribution >= 4 is 31.6 Å². The number of nitrogens with zero attached hydrogens (tertiary/aromatic N) is 3. The van der Waals surface area contributed by atoms with Gasteiger partial charge < -0.3 is 0 Å². The van der Waals surface area contributed by atoms with Gasteiger partial charge in [0.2, 0.25) is 0 Å². The molecular weight excluding hydrogens is 194 g/mol. The first kappa shape index (κ1) is 7.82. The first-order valence-electron chi connectivity index (χ1n) is 4.31. The largest absolute Gasteiger partial charge is 0.242 e. The molecule has 0 bridgehead atoms. The molecule has 0 aliphatic carbocycles. The summed E-state index contributed by atoms with van der Waals surface area (Å²) in [4.78, 5) is 5.54. The predicted molar refractivity (Wildman–Crippen MR) is 57.5 cm³/mol. The molecule has 0 fully saturated rings. The van der Waals surface area contributed by atoms with Gasteiger partial charge in [0.1, 0.15) is 4.83 Å². The fourth-order valence-corrected chi connectivity index (χ4v) is 2.57. The molecule has 0 amide bonds. The van der Waals surface area contributed by atoms with Gasteiger partial charge in [0, 0.05) is 16.5 Å². The van der Waals surface area contributed by atoms with E-state index in [2.05, 4.69) is 21.2 Å². The van der Waals surface area contributed by atoms with Gasteiger partial charge in [0.25, 0.3) is 0 Å². The van der Waals surface area contributed by atoms with Crippen LogP contribution in [0.15, 0.2) is 24.5 Å². The lowest BCUT2D eigenvalue weighted by molar-refractivity contribution is 1.05. The van der Waals surface area contributed by atoms with Gasteiger partial charge in [-0.2, -0.15) is 10.2 Å². The zero-order valence-corrected chi connectivity index (χ0v) is 8.38. The third-order valence-corrected chi connectivity index (χ3v) is 3.24. The molecule has 0 aliphatic rings. The zero-order chi connectivity index (χ0) is 9.54. The lowest BCUT2D eigenvalue weighted by Crippen LogP contribution is -1.78. The molecule has 68 valence electrons. The van der Waals surface area contributed by atoms with Crippen LogP contribution in [0.2, 0.25) is 0 Å². The van der Waals surface area contributed by atoms with Crippen LogP contribution in [0.1, 0.15) is 5.69 Å². The molecule has 3 aromatic rings. The predicted octanol–water partition coefficient (Wildman–Crippen LogP) is 2.55. The van der Waals surface area contributed by atoms with Gasteiger partial charge >= 0.3 is 0 Å². The van der Waals surface area contributed by atoms with Gasteiger partial charge in [-0.1, -0.05) is 0 Å². The molecule has 0 saturated heterocycles. The van der Waals surface area contributed by atoms with E-state index in [1.807, 2.05) is 13.0 Å². The Bertz CT molecular complexity index is 615. The van der Waals surface area contributed by atoms with Crippen LogP contribution in [0.5, 0.6) is 0 Å². The van der Waals surface area contributed by atoms with E-state index >= 15 is 0 Å². The van der Waals surface area contributed by atoms with Gasteiger partial charge in [0.15, 0.2) is 0 Å². The van der Waals surface area contributed by atoms with Crippen molar-refractivity contribution in [1.82, 2.24) is 15.2 Å². The molecule has 0 unspecified atom stereocenters. The molecule has 4 heteroatoms. The molecule has 3 nitrogen and oxygen atoms in total. The summed E-state index contributed by atoms with van der Waals surface area (Å²) in [5, 5.41) is 10.1. The molecular formula is C10H7N3S. The van der Waals surface area contributed by atoms with E-state index < -0.39 is 0 Å². The fourth-order valence-electron chi connectivity index (χ4n) is 1.51. The highest BCUT2D eigenvalue weighted by molar-refractivity contribution is 7.25. The average Bonchev–Trinajstić information content (AvgIpc) is 2.54. The third kappa shape index (κ3) is 1.01. The van der Waals surface area contributed by atoms with Crippen molar-refractivity contribution in [3.8, 4) is 0 Å². The first-order valence-corrected chi connectivity index (χ1v) is 5.13. The standard InChI is InChI=1S/C10H7N3S/c1-6-2-3-7-8-4-11-12-5-9(8)14-10(7)13-6/h2-5H,1H3. The number of hydrogen-bond donors (Lipinski definition) is 0. The van der Waals surface area contributed by atoms with E-state index in [4.69, 9.17) is 0 Å². The summed E-state index contributed by atoms with van der Waals surface area (Å²) in [6, 6.07) is 4.12. The van der Waals surface area contributed by atoms with Gasteiger partial charge in [0.05, 0.1) is 17.1 Å². The summed E-state index contributed by atoms with van der Waals surface area (Å²) < 4.78 is 1.15. The first-order chi connectivity index (χ1) is 6.84. The maximum absolute atomic E-state index is 4.48. The Morgan fingerprint density at radius 2 is 1.93 bits per heavy atom. The Kier molecular flexibility index (Phi) is 1.52. The summed E-state index contributed by atoms with van der Waals surface area (Å²) in [6.07, 6.45) is 3.59. The number of hydrogen-bond acceptors (Lipinski definition) is 4.